The van der Waals surface area contributed by atoms with E-state index in [1.54, 1.807) is 42.6 Å². The molecule has 0 aliphatic rings. The molecule has 1 heterocycles. The van der Waals surface area contributed by atoms with Gasteiger partial charge in [0.15, 0.2) is 6.61 Å². The van der Waals surface area contributed by atoms with Crippen LogP contribution in [0.15, 0.2) is 54.7 Å². The fraction of sp³-hybridized carbons (Fsp3) is 0.308. The average Bonchev–Trinajstić information content (AvgIpc) is 3.35. The number of imidazole rings is 1. The summed E-state index contributed by atoms with van der Waals surface area (Å²) < 4.78 is 9.59. The molecular weight excluding hydrogens is 450 g/mol. The number of nitrogens with one attached hydrogen (secondary N) is 2. The third-order valence-electron chi connectivity index (χ3n) is 5.50. The van der Waals surface area contributed by atoms with Gasteiger partial charge in [0.1, 0.15) is 5.82 Å². The summed E-state index contributed by atoms with van der Waals surface area (Å²) in [5, 5.41) is 11.9. The Hall–Kier alpha value is -4.14. The minimum absolute atomic E-state index is 0.0358. The van der Waals surface area contributed by atoms with Gasteiger partial charge in [-0.1, -0.05) is 44.0 Å². The summed E-state index contributed by atoms with van der Waals surface area (Å²) in [5.41, 5.74) is 3.14. The number of methoxy groups -OCH3 is 1. The highest BCUT2D eigenvalue weighted by Crippen LogP contribution is 2.28. The van der Waals surface area contributed by atoms with Crippen molar-refractivity contribution < 1.29 is 29.0 Å². The number of anilines is 1. The van der Waals surface area contributed by atoms with Gasteiger partial charge in [0.05, 0.1) is 36.7 Å². The second-order valence-electron chi connectivity index (χ2n) is 7.97. The van der Waals surface area contributed by atoms with Crippen LogP contribution in [-0.4, -0.2) is 46.7 Å². The van der Waals surface area contributed by atoms with Gasteiger partial charge in [0.2, 0.25) is 0 Å². The average molecular weight is 480 g/mol. The maximum atomic E-state index is 12.2. The zero-order valence-electron chi connectivity index (χ0n) is 19.7. The monoisotopic (exact) mass is 479 g/mol. The number of nitrogens with zero attached hydrogens (tertiary/aromatic N) is 1. The van der Waals surface area contributed by atoms with E-state index in [2.05, 4.69) is 22.2 Å². The number of carboxylic acid groups (broad SMARTS) is 1. The summed E-state index contributed by atoms with van der Waals surface area (Å²) in [5.74, 6) is -1.45. The van der Waals surface area contributed by atoms with Gasteiger partial charge < -0.3 is 24.9 Å². The predicted molar refractivity (Wildman–Crippen MR) is 129 cm³/mol. The zero-order chi connectivity index (χ0) is 25.2. The Morgan fingerprint density at radius 1 is 1.09 bits per heavy atom. The Morgan fingerprint density at radius 2 is 1.83 bits per heavy atom. The summed E-state index contributed by atoms with van der Waals surface area (Å²) in [6, 6.07) is 14.1. The van der Waals surface area contributed by atoms with Crippen molar-refractivity contribution in [3.8, 4) is 0 Å². The molecule has 0 aliphatic carbocycles. The van der Waals surface area contributed by atoms with Crippen molar-refractivity contribution in [2.24, 2.45) is 0 Å². The number of carboxylic acids is 1. The van der Waals surface area contributed by atoms with Crippen molar-refractivity contribution in [2.75, 3.05) is 19.0 Å². The zero-order valence-corrected chi connectivity index (χ0v) is 19.7. The summed E-state index contributed by atoms with van der Waals surface area (Å²) in [7, 11) is 1.36. The van der Waals surface area contributed by atoms with Gasteiger partial charge in [0.25, 0.3) is 0 Å². The molecule has 184 valence electrons. The molecule has 1 atom stereocenters. The van der Waals surface area contributed by atoms with E-state index in [9.17, 15) is 14.4 Å². The Balaban J connectivity index is 1.73. The molecule has 0 bridgehead atoms. The third-order valence-corrected chi connectivity index (χ3v) is 5.50. The van der Waals surface area contributed by atoms with Crippen LogP contribution in [0.5, 0.6) is 0 Å². The molecule has 3 aromatic rings. The number of hydrogen-bond donors (Lipinski definition) is 3. The number of aromatic nitrogens is 2. The number of para-hydroxylation sites is 1. The lowest BCUT2D eigenvalue weighted by Crippen LogP contribution is -2.15. The van der Waals surface area contributed by atoms with Crippen LogP contribution in [0, 0.1) is 0 Å². The van der Waals surface area contributed by atoms with Crippen molar-refractivity contribution in [3.63, 3.8) is 0 Å². The highest BCUT2D eigenvalue weighted by atomic mass is 16.5. The van der Waals surface area contributed by atoms with Crippen molar-refractivity contribution in [1.29, 1.82) is 0 Å². The van der Waals surface area contributed by atoms with Crippen LogP contribution in [-0.2, 0) is 20.8 Å². The van der Waals surface area contributed by atoms with Crippen LogP contribution in [0.1, 0.15) is 69.9 Å². The predicted octanol–water partition coefficient (Wildman–Crippen LogP) is 4.37. The van der Waals surface area contributed by atoms with Gasteiger partial charge in [0, 0.05) is 11.6 Å². The lowest BCUT2D eigenvalue weighted by Gasteiger charge is -2.15. The van der Waals surface area contributed by atoms with Crippen molar-refractivity contribution in [2.45, 2.75) is 38.6 Å². The number of esters is 2. The molecule has 0 saturated heterocycles. The van der Waals surface area contributed by atoms with E-state index in [1.165, 1.54) is 7.11 Å². The van der Waals surface area contributed by atoms with E-state index in [1.807, 2.05) is 12.1 Å². The van der Waals surface area contributed by atoms with Crippen LogP contribution in [0.25, 0.3) is 0 Å². The molecule has 9 heteroatoms. The highest BCUT2D eigenvalue weighted by molar-refractivity contribution is 5.96. The number of H-pyrrole nitrogens is 1. The number of unbranched alkanes of at least 4 members (excludes halogenated alkanes) is 1. The molecule has 0 fully saturated rings. The Kier molecular flexibility index (Phi) is 9.00. The molecule has 3 rings (SSSR count). The first-order chi connectivity index (χ1) is 16.9. The minimum atomic E-state index is -1.22. The van der Waals surface area contributed by atoms with Gasteiger partial charge in [-0.3, -0.25) is 0 Å². The van der Waals surface area contributed by atoms with E-state index < -0.39 is 18.5 Å². The summed E-state index contributed by atoms with van der Waals surface area (Å²) >= 11 is 0. The number of rotatable bonds is 12. The van der Waals surface area contributed by atoms with Gasteiger partial charge in [-0.25, -0.2) is 19.4 Å². The first-order valence-electron chi connectivity index (χ1n) is 11.4. The minimum Gasteiger partial charge on any atom is -0.479 e. The number of carbonyl (C=O) groups is 3. The van der Waals surface area contributed by atoms with Crippen LogP contribution in [0.2, 0.25) is 0 Å². The van der Waals surface area contributed by atoms with E-state index in [4.69, 9.17) is 14.6 Å². The van der Waals surface area contributed by atoms with E-state index in [0.29, 0.717) is 17.8 Å². The fourth-order valence-corrected chi connectivity index (χ4v) is 3.69. The van der Waals surface area contributed by atoms with Crippen molar-refractivity contribution in [1.82, 2.24) is 9.97 Å². The topological polar surface area (TPSA) is 131 Å². The van der Waals surface area contributed by atoms with E-state index in [0.717, 1.165) is 36.3 Å². The Morgan fingerprint density at radius 3 is 2.51 bits per heavy atom. The Bertz CT molecular complexity index is 1160. The van der Waals surface area contributed by atoms with Crippen molar-refractivity contribution >= 4 is 23.6 Å². The van der Waals surface area contributed by atoms with Gasteiger partial charge >= 0.3 is 17.9 Å². The lowest BCUT2D eigenvalue weighted by molar-refractivity contribution is -0.140. The first-order valence-corrected chi connectivity index (χ1v) is 11.4. The standard InChI is InChI=1S/C26H29N3O6/c1-3-4-7-20(17-10-12-18(13-11-17)25(32)34-2)24-28-15-19(29-24)14-27-22-9-6-5-8-21(22)26(33)35-16-23(30)31/h5-6,8-13,15,20,27H,3-4,7,14,16H2,1-2H3,(H,28,29)(H,30,31). The smallest absolute Gasteiger partial charge is 0.341 e. The Labute approximate surface area is 203 Å². The normalized spacial score (nSPS) is 11.5. The van der Waals surface area contributed by atoms with Crippen LogP contribution >= 0.6 is 0 Å². The maximum Gasteiger partial charge on any atom is 0.341 e. The molecular formula is C26H29N3O6. The molecule has 1 unspecified atom stereocenters. The van der Waals surface area contributed by atoms with Crippen LogP contribution in [0.4, 0.5) is 5.69 Å². The molecule has 0 radical (unpaired) electrons. The maximum absolute atomic E-state index is 12.2. The number of aliphatic carboxylic acids is 1. The summed E-state index contributed by atoms with van der Waals surface area (Å²) in [6.07, 6.45) is 4.70. The molecule has 1 aromatic heterocycles. The number of aromatic amines is 1. The molecule has 0 saturated carbocycles. The molecule has 0 aliphatic heterocycles. The van der Waals surface area contributed by atoms with E-state index in [-0.39, 0.29) is 17.5 Å². The lowest BCUT2D eigenvalue weighted by atomic mass is 9.92. The highest BCUT2D eigenvalue weighted by Gasteiger charge is 2.19. The van der Waals surface area contributed by atoms with E-state index >= 15 is 0 Å². The fourth-order valence-electron chi connectivity index (χ4n) is 3.69. The molecule has 3 N–H and O–H groups in total. The molecule has 35 heavy (non-hydrogen) atoms. The van der Waals surface area contributed by atoms with Gasteiger partial charge in [-0.15, -0.1) is 0 Å². The van der Waals surface area contributed by atoms with Gasteiger partial charge in [-0.05, 0) is 36.2 Å². The van der Waals surface area contributed by atoms with Crippen molar-refractivity contribution in [3.05, 3.63) is 82.9 Å². The molecule has 0 spiro atoms. The largest absolute Gasteiger partial charge is 0.479 e. The second-order valence-corrected chi connectivity index (χ2v) is 7.97. The SMILES string of the molecule is CCCCC(c1ccc(C(=O)OC)cc1)c1ncc(CNc2ccccc2C(=O)OCC(=O)O)[nH]1. The number of benzene rings is 2. The molecule has 2 aromatic carbocycles. The summed E-state index contributed by atoms with van der Waals surface area (Å²) in [4.78, 5) is 42.7. The number of carbonyl (C=O) groups excluding carboxylic acids is 2. The second kappa shape index (κ2) is 12.4. The van der Waals surface area contributed by atoms with Crippen LogP contribution in [0.3, 0.4) is 0 Å². The first kappa shape index (κ1) is 25.5. The molecule has 9 nitrogen and oxygen atoms in total. The third kappa shape index (κ3) is 6.92. The summed E-state index contributed by atoms with van der Waals surface area (Å²) in [6.45, 7) is 1.81. The van der Waals surface area contributed by atoms with Crippen LogP contribution < -0.4 is 5.32 Å². The number of ether oxygens (including phenoxy) is 2. The number of hydrogen-bond acceptors (Lipinski definition) is 7. The van der Waals surface area contributed by atoms with Gasteiger partial charge in [-0.2, -0.15) is 0 Å². The molecule has 0 amide bonds. The quantitative estimate of drug-likeness (QED) is 0.326.